The van der Waals surface area contributed by atoms with Crippen LogP contribution in [-0.2, 0) is 29.2 Å². The van der Waals surface area contributed by atoms with Crippen LogP contribution >= 0.6 is 23.2 Å². The highest BCUT2D eigenvalue weighted by Gasteiger charge is 2.26. The average molecular weight is 771 g/mol. The topological polar surface area (TPSA) is 127 Å². The highest BCUT2D eigenvalue weighted by Crippen LogP contribution is 2.41. The lowest BCUT2D eigenvalue weighted by molar-refractivity contribution is -0.142. The molecular formula is C42H45Cl2N5O5. The third kappa shape index (κ3) is 8.22. The summed E-state index contributed by atoms with van der Waals surface area (Å²) in [4.78, 5) is 22.9. The van der Waals surface area contributed by atoms with Crippen LogP contribution in [0.5, 0.6) is 11.5 Å². The zero-order valence-corrected chi connectivity index (χ0v) is 32.0. The van der Waals surface area contributed by atoms with Gasteiger partial charge in [-0.3, -0.25) is 14.3 Å². The predicted octanol–water partition coefficient (Wildman–Crippen LogP) is 7.84. The Balaban J connectivity index is 1.08. The number of ether oxygens (including phenoxy) is 2. The zero-order valence-electron chi connectivity index (χ0n) is 30.5. The number of amides is 1. The number of aromatic nitrogens is 2. The SMILES string of the molecule is COc1cc(-c2cccc(-c3cccc4c3cnn4Cc3cc(OC)c(CN[C@H]4CC[C@@H](C(=O)O)CC4)cc3Cl)c2Cl)ccc1CNC[C@@H]1CCC(=O)N1. The van der Waals surface area contributed by atoms with Gasteiger partial charge in [-0.15, -0.1) is 0 Å². The standard InChI is InChI=1S/C42H45Cl2N5O5/c1-53-38-18-26(9-10-27(38)20-45-22-31-15-16-40(50)48-31)32-5-3-7-34(41(32)44)33-6-4-8-37-35(33)23-47-49(37)24-29-19-39(54-2)28(17-36(29)43)21-46-30-13-11-25(12-14-30)42(51)52/h3-10,17-19,23,25,30-31,45-46H,11-16,20-22,24H2,1-2H3,(H,48,50)(H,51,52)/t25-,30+,31-/m0/s1. The van der Waals surface area contributed by atoms with Gasteiger partial charge in [0.2, 0.25) is 5.91 Å². The Kier molecular flexibility index (Phi) is 11.7. The van der Waals surface area contributed by atoms with Crippen LogP contribution in [0.4, 0.5) is 0 Å². The molecule has 1 amide bonds. The molecule has 7 rings (SSSR count). The summed E-state index contributed by atoms with van der Waals surface area (Å²) < 4.78 is 13.5. The molecule has 4 N–H and O–H groups in total. The maximum absolute atomic E-state index is 11.6. The van der Waals surface area contributed by atoms with Crippen LogP contribution in [0, 0.1) is 5.92 Å². The highest BCUT2D eigenvalue weighted by molar-refractivity contribution is 6.36. The lowest BCUT2D eigenvalue weighted by Crippen LogP contribution is -2.35. The van der Waals surface area contributed by atoms with Crippen molar-refractivity contribution in [1.29, 1.82) is 0 Å². The molecule has 0 spiro atoms. The van der Waals surface area contributed by atoms with Crippen molar-refractivity contribution in [3.05, 3.63) is 99.7 Å². The van der Waals surface area contributed by atoms with Gasteiger partial charge in [-0.25, -0.2) is 0 Å². The van der Waals surface area contributed by atoms with Gasteiger partial charge in [0.25, 0.3) is 0 Å². The molecule has 1 saturated heterocycles. The number of aliphatic carboxylic acids is 1. The van der Waals surface area contributed by atoms with Gasteiger partial charge < -0.3 is 30.5 Å². The van der Waals surface area contributed by atoms with Gasteiger partial charge in [0.1, 0.15) is 11.5 Å². The Labute approximate surface area is 325 Å². The molecule has 10 nitrogen and oxygen atoms in total. The smallest absolute Gasteiger partial charge is 0.306 e. The Morgan fingerprint density at radius 2 is 1.63 bits per heavy atom. The fraction of sp³-hybridized carbons (Fsp3) is 0.357. The summed E-state index contributed by atoms with van der Waals surface area (Å²) >= 11 is 14.1. The van der Waals surface area contributed by atoms with Crippen molar-refractivity contribution in [2.75, 3.05) is 20.8 Å². The molecule has 5 aromatic rings. The first-order valence-electron chi connectivity index (χ1n) is 18.4. The largest absolute Gasteiger partial charge is 0.496 e. The number of carboxylic acids is 1. The van der Waals surface area contributed by atoms with E-state index in [0.717, 1.165) is 80.6 Å². The van der Waals surface area contributed by atoms with E-state index in [4.69, 9.17) is 37.8 Å². The highest BCUT2D eigenvalue weighted by atomic mass is 35.5. The van der Waals surface area contributed by atoms with Crippen molar-refractivity contribution in [1.82, 2.24) is 25.7 Å². The van der Waals surface area contributed by atoms with E-state index in [1.807, 2.05) is 59.4 Å². The number of carboxylic acid groups (broad SMARTS) is 1. The number of nitrogens with one attached hydrogen (secondary N) is 3. The third-order valence-electron chi connectivity index (χ3n) is 10.8. The molecule has 1 atom stereocenters. The Hall–Kier alpha value is -4.61. The first-order valence-corrected chi connectivity index (χ1v) is 19.2. The quantitative estimate of drug-likeness (QED) is 0.0901. The number of halogens is 2. The van der Waals surface area contributed by atoms with Gasteiger partial charge in [-0.1, -0.05) is 65.7 Å². The third-order valence-corrected chi connectivity index (χ3v) is 11.6. The lowest BCUT2D eigenvalue weighted by atomic mass is 9.86. The minimum atomic E-state index is -0.700. The molecule has 0 unspecified atom stereocenters. The second-order valence-electron chi connectivity index (χ2n) is 14.2. The number of fused-ring (bicyclic) bond motifs is 1. The molecule has 1 aromatic heterocycles. The molecule has 2 fully saturated rings. The first-order chi connectivity index (χ1) is 26.2. The number of benzene rings is 4. The van der Waals surface area contributed by atoms with E-state index >= 15 is 0 Å². The van der Waals surface area contributed by atoms with E-state index < -0.39 is 5.97 Å². The molecule has 2 heterocycles. The molecule has 54 heavy (non-hydrogen) atoms. The molecule has 1 saturated carbocycles. The van der Waals surface area contributed by atoms with Crippen molar-refractivity contribution in [3.8, 4) is 33.8 Å². The van der Waals surface area contributed by atoms with Gasteiger partial charge in [0.05, 0.1) is 43.4 Å². The maximum atomic E-state index is 11.6. The van der Waals surface area contributed by atoms with Gasteiger partial charge in [-0.2, -0.15) is 5.10 Å². The van der Waals surface area contributed by atoms with Crippen LogP contribution < -0.4 is 25.4 Å². The number of hydrogen-bond acceptors (Lipinski definition) is 7. The number of hydrogen-bond donors (Lipinski definition) is 4. The molecule has 1 aliphatic heterocycles. The van der Waals surface area contributed by atoms with Crippen molar-refractivity contribution in [2.45, 2.75) is 70.2 Å². The van der Waals surface area contributed by atoms with Gasteiger partial charge in [0, 0.05) is 70.8 Å². The van der Waals surface area contributed by atoms with E-state index in [1.54, 1.807) is 14.2 Å². The number of carbonyl (C=O) groups excluding carboxylic acids is 1. The number of methoxy groups -OCH3 is 2. The Morgan fingerprint density at radius 3 is 2.37 bits per heavy atom. The molecule has 12 heteroatoms. The normalized spacial score (nSPS) is 18.5. The predicted molar refractivity (Wildman–Crippen MR) is 212 cm³/mol. The fourth-order valence-electron chi connectivity index (χ4n) is 7.74. The minimum absolute atomic E-state index is 0.112. The van der Waals surface area contributed by atoms with E-state index in [0.29, 0.717) is 55.5 Å². The van der Waals surface area contributed by atoms with Crippen LogP contribution in [0.15, 0.2) is 72.9 Å². The van der Waals surface area contributed by atoms with Crippen LogP contribution in [0.25, 0.3) is 33.2 Å². The molecule has 2 aliphatic rings. The van der Waals surface area contributed by atoms with Gasteiger partial charge in [0.15, 0.2) is 0 Å². The van der Waals surface area contributed by atoms with Crippen LogP contribution in [0.3, 0.4) is 0 Å². The average Bonchev–Trinajstić information content (AvgIpc) is 3.80. The van der Waals surface area contributed by atoms with Gasteiger partial charge >= 0.3 is 5.97 Å². The molecular weight excluding hydrogens is 725 g/mol. The van der Waals surface area contributed by atoms with Crippen molar-refractivity contribution < 1.29 is 24.2 Å². The van der Waals surface area contributed by atoms with Crippen LogP contribution in [0.2, 0.25) is 10.0 Å². The summed E-state index contributed by atoms with van der Waals surface area (Å²) in [6.45, 7) is 2.35. The first kappa shape index (κ1) is 37.7. The summed E-state index contributed by atoms with van der Waals surface area (Å²) in [5.41, 5.74) is 7.52. The lowest BCUT2D eigenvalue weighted by Gasteiger charge is -2.27. The number of rotatable bonds is 14. The minimum Gasteiger partial charge on any atom is -0.496 e. The van der Waals surface area contributed by atoms with Crippen LogP contribution in [-0.4, -0.2) is 59.6 Å². The van der Waals surface area contributed by atoms with E-state index in [1.165, 1.54) is 0 Å². The Bertz CT molecular complexity index is 2160. The van der Waals surface area contributed by atoms with E-state index in [-0.39, 0.29) is 23.9 Å². The van der Waals surface area contributed by atoms with Crippen LogP contribution in [0.1, 0.15) is 55.2 Å². The van der Waals surface area contributed by atoms with E-state index in [9.17, 15) is 14.7 Å². The number of carbonyl (C=O) groups is 2. The Morgan fingerprint density at radius 1 is 0.889 bits per heavy atom. The summed E-state index contributed by atoms with van der Waals surface area (Å²) in [5, 5.41) is 26.4. The monoisotopic (exact) mass is 769 g/mol. The molecule has 282 valence electrons. The molecule has 4 aromatic carbocycles. The summed E-state index contributed by atoms with van der Waals surface area (Å²) in [6, 6.07) is 22.7. The number of nitrogens with zero attached hydrogens (tertiary/aromatic N) is 2. The van der Waals surface area contributed by atoms with Crippen molar-refractivity contribution in [3.63, 3.8) is 0 Å². The van der Waals surface area contributed by atoms with Crippen molar-refractivity contribution in [2.24, 2.45) is 5.92 Å². The summed E-state index contributed by atoms with van der Waals surface area (Å²) in [5.74, 6) is 0.668. The fourth-order valence-corrected chi connectivity index (χ4v) is 8.33. The summed E-state index contributed by atoms with van der Waals surface area (Å²) in [6.07, 6.45) is 6.35. The van der Waals surface area contributed by atoms with Crippen molar-refractivity contribution >= 4 is 46.0 Å². The molecule has 1 aliphatic carbocycles. The van der Waals surface area contributed by atoms with Gasteiger partial charge in [-0.05, 0) is 73.1 Å². The second-order valence-corrected chi connectivity index (χ2v) is 15.0. The second kappa shape index (κ2) is 16.8. The molecule has 0 bridgehead atoms. The maximum Gasteiger partial charge on any atom is 0.306 e. The van der Waals surface area contributed by atoms with E-state index in [2.05, 4.69) is 34.1 Å². The zero-order chi connectivity index (χ0) is 37.8. The summed E-state index contributed by atoms with van der Waals surface area (Å²) in [7, 11) is 3.33. The molecule has 0 radical (unpaired) electrons.